The second-order valence-corrected chi connectivity index (χ2v) is 5.48. The van der Waals surface area contributed by atoms with Gasteiger partial charge in [-0.1, -0.05) is 37.3 Å². The van der Waals surface area contributed by atoms with Crippen LogP contribution in [0.2, 0.25) is 0 Å². The Kier molecular flexibility index (Phi) is 3.82. The molecule has 0 aromatic heterocycles. The summed E-state index contributed by atoms with van der Waals surface area (Å²) in [4.78, 5) is 0. The first kappa shape index (κ1) is 13.1. The predicted octanol–water partition coefficient (Wildman–Crippen LogP) is 3.05. The van der Waals surface area contributed by atoms with Gasteiger partial charge in [-0.3, -0.25) is 0 Å². The standard InChI is InChI=1S/C12H17.2Ru/c1-12(2)6-5-10-8-3-4-9(7-8)11(10)12;;/h3-5,8-11H,6-7H2,1-2H3;;/q-1;;+1. The zero-order valence-corrected chi connectivity index (χ0v) is 12.1. The fourth-order valence-corrected chi connectivity index (χ4v) is 3.86. The maximum Gasteiger partial charge on any atom is 1.00 e. The van der Waals surface area contributed by atoms with Crippen LogP contribution in [0.4, 0.5) is 0 Å². The van der Waals surface area contributed by atoms with Crippen molar-refractivity contribution in [1.82, 2.24) is 0 Å². The minimum Gasteiger partial charge on any atom is -0.324 e. The smallest absolute Gasteiger partial charge is 0.324 e. The van der Waals surface area contributed by atoms with Crippen LogP contribution in [0.15, 0.2) is 12.2 Å². The summed E-state index contributed by atoms with van der Waals surface area (Å²) in [6.45, 7) is 4.89. The third-order valence-corrected chi connectivity index (χ3v) is 4.34. The summed E-state index contributed by atoms with van der Waals surface area (Å²) in [5.74, 6) is 3.76. The van der Waals surface area contributed by atoms with Gasteiger partial charge >= 0.3 is 19.5 Å². The van der Waals surface area contributed by atoms with Crippen LogP contribution < -0.4 is 0 Å². The molecule has 0 heterocycles. The van der Waals surface area contributed by atoms with Gasteiger partial charge in [-0.2, -0.15) is 12.3 Å². The molecule has 2 saturated carbocycles. The Hall–Kier alpha value is 0.987. The predicted molar refractivity (Wildman–Crippen MR) is 50.4 cm³/mol. The maximum absolute atomic E-state index is 2.60. The van der Waals surface area contributed by atoms with Crippen molar-refractivity contribution in [3.8, 4) is 0 Å². The number of allylic oxidation sites excluding steroid dienone is 2. The molecule has 0 aliphatic heterocycles. The number of hydrogen-bond acceptors (Lipinski definition) is 0. The minimum absolute atomic E-state index is 0. The van der Waals surface area contributed by atoms with Gasteiger partial charge in [-0.15, -0.1) is 0 Å². The first-order valence-corrected chi connectivity index (χ1v) is 5.20. The molecule has 0 saturated heterocycles. The van der Waals surface area contributed by atoms with Gasteiger partial charge in [0.2, 0.25) is 0 Å². The molecule has 4 unspecified atom stereocenters. The second kappa shape index (κ2) is 4.10. The minimum atomic E-state index is 0. The Labute approximate surface area is 113 Å². The molecule has 3 aliphatic rings. The van der Waals surface area contributed by atoms with Gasteiger partial charge in [0, 0.05) is 19.5 Å². The van der Waals surface area contributed by atoms with Crippen molar-refractivity contribution in [2.75, 3.05) is 0 Å². The molecule has 14 heavy (non-hydrogen) atoms. The molecule has 0 aromatic rings. The molecule has 1 radical (unpaired) electrons. The monoisotopic (exact) mass is 365 g/mol. The zero-order valence-electron chi connectivity index (χ0n) is 8.66. The summed E-state index contributed by atoms with van der Waals surface area (Å²) in [6.07, 6.45) is 10.3. The van der Waals surface area contributed by atoms with Crippen molar-refractivity contribution >= 4 is 0 Å². The van der Waals surface area contributed by atoms with E-state index in [4.69, 9.17) is 0 Å². The number of hydrogen-bond donors (Lipinski definition) is 0. The molecule has 0 spiro atoms. The molecule has 0 nitrogen and oxygen atoms in total. The molecular weight excluding hydrogens is 346 g/mol. The van der Waals surface area contributed by atoms with E-state index in [2.05, 4.69) is 32.4 Å². The van der Waals surface area contributed by atoms with E-state index in [0.717, 1.165) is 23.7 Å². The van der Waals surface area contributed by atoms with E-state index in [1.165, 1.54) is 12.8 Å². The van der Waals surface area contributed by atoms with Gasteiger partial charge in [0.25, 0.3) is 0 Å². The summed E-state index contributed by atoms with van der Waals surface area (Å²) in [5, 5.41) is 0. The quantitative estimate of drug-likeness (QED) is 0.353. The normalized spacial score (nSPS) is 45.6. The van der Waals surface area contributed by atoms with E-state index in [1.807, 2.05) is 0 Å². The molecule has 81 valence electrons. The van der Waals surface area contributed by atoms with Gasteiger partial charge < -0.3 is 6.42 Å². The molecular formula is C12H17Ru2. The summed E-state index contributed by atoms with van der Waals surface area (Å²) in [6, 6.07) is 0. The van der Waals surface area contributed by atoms with Crippen molar-refractivity contribution < 1.29 is 39.0 Å². The van der Waals surface area contributed by atoms with Crippen LogP contribution in [0.5, 0.6) is 0 Å². The average Bonchev–Trinajstić information content (AvgIpc) is 2.61. The van der Waals surface area contributed by atoms with Crippen LogP contribution in [-0.2, 0) is 39.0 Å². The van der Waals surface area contributed by atoms with Crippen LogP contribution in [0, 0.1) is 35.5 Å². The van der Waals surface area contributed by atoms with E-state index in [-0.39, 0.29) is 39.0 Å². The fourth-order valence-electron chi connectivity index (χ4n) is 3.86. The largest absolute Gasteiger partial charge is 1.00 e. The summed E-state index contributed by atoms with van der Waals surface area (Å²) >= 11 is 0. The molecule has 3 aliphatic carbocycles. The number of fused-ring (bicyclic) bond motifs is 5. The molecule has 3 rings (SSSR count). The molecule has 4 atom stereocenters. The summed E-state index contributed by atoms with van der Waals surface area (Å²) in [5.41, 5.74) is 0.592. The SMILES string of the molecule is CC1(C)C[CH-]C2C3C=CC(C3)C21.[Ru+].[Ru]. The van der Waals surface area contributed by atoms with E-state index >= 15 is 0 Å². The first-order valence-electron chi connectivity index (χ1n) is 5.20. The third-order valence-electron chi connectivity index (χ3n) is 4.34. The Balaban J connectivity index is 0.000000490. The molecule has 0 N–H and O–H groups in total. The van der Waals surface area contributed by atoms with E-state index < -0.39 is 0 Å². The van der Waals surface area contributed by atoms with Crippen LogP contribution in [0.3, 0.4) is 0 Å². The Morgan fingerprint density at radius 3 is 2.50 bits per heavy atom. The third kappa shape index (κ3) is 1.62. The first-order chi connectivity index (χ1) is 5.68. The Morgan fingerprint density at radius 2 is 1.86 bits per heavy atom. The van der Waals surface area contributed by atoms with Gasteiger partial charge in [0.1, 0.15) is 0 Å². The summed E-state index contributed by atoms with van der Waals surface area (Å²) < 4.78 is 0. The van der Waals surface area contributed by atoms with Crippen molar-refractivity contribution in [2.24, 2.45) is 29.1 Å². The van der Waals surface area contributed by atoms with Gasteiger partial charge in [-0.05, 0) is 18.3 Å². The molecule has 2 fully saturated rings. The van der Waals surface area contributed by atoms with E-state index in [9.17, 15) is 0 Å². The topological polar surface area (TPSA) is 0 Å². The van der Waals surface area contributed by atoms with Crippen LogP contribution in [-0.4, -0.2) is 0 Å². The van der Waals surface area contributed by atoms with Crippen LogP contribution in [0.1, 0.15) is 26.7 Å². The molecule has 0 aromatic carbocycles. The number of rotatable bonds is 0. The average molecular weight is 363 g/mol. The molecule has 2 heteroatoms. The van der Waals surface area contributed by atoms with E-state index in [0.29, 0.717) is 5.41 Å². The zero-order chi connectivity index (χ0) is 8.34. The van der Waals surface area contributed by atoms with Crippen molar-refractivity contribution in [3.05, 3.63) is 18.6 Å². The van der Waals surface area contributed by atoms with Crippen LogP contribution in [0.25, 0.3) is 0 Å². The second-order valence-electron chi connectivity index (χ2n) is 5.48. The Morgan fingerprint density at radius 1 is 1.21 bits per heavy atom. The van der Waals surface area contributed by atoms with Crippen LogP contribution >= 0.6 is 0 Å². The van der Waals surface area contributed by atoms with Crippen molar-refractivity contribution in [1.29, 1.82) is 0 Å². The van der Waals surface area contributed by atoms with E-state index in [1.54, 1.807) is 0 Å². The van der Waals surface area contributed by atoms with Gasteiger partial charge in [-0.25, -0.2) is 0 Å². The maximum atomic E-state index is 2.60. The van der Waals surface area contributed by atoms with Gasteiger partial charge in [0.05, 0.1) is 0 Å². The fraction of sp³-hybridized carbons (Fsp3) is 0.750. The Bertz CT molecular complexity index is 245. The molecule has 0 amide bonds. The van der Waals surface area contributed by atoms with Crippen molar-refractivity contribution in [3.63, 3.8) is 0 Å². The van der Waals surface area contributed by atoms with Gasteiger partial charge in [0.15, 0.2) is 0 Å². The van der Waals surface area contributed by atoms with Crippen molar-refractivity contribution in [2.45, 2.75) is 26.7 Å². The molecule has 2 bridgehead atoms. The summed E-state index contributed by atoms with van der Waals surface area (Å²) in [7, 11) is 0.